The fraction of sp³-hybridized carbons (Fsp3) is 1.00. The minimum absolute atomic E-state index is 0.672. The average Bonchev–Trinajstić information content (AvgIpc) is 2.42. The van der Waals surface area contributed by atoms with E-state index in [1.807, 2.05) is 11.8 Å². The first-order valence-electron chi connectivity index (χ1n) is 5.58. The molecule has 1 saturated heterocycles. The van der Waals surface area contributed by atoms with Gasteiger partial charge in [0.2, 0.25) is 0 Å². The molecule has 1 heterocycles. The first-order valence-corrected chi connectivity index (χ1v) is 6.98. The summed E-state index contributed by atoms with van der Waals surface area (Å²) in [6.45, 7) is 5.83. The maximum Gasteiger partial charge on any atom is 0.0212 e. The third-order valence-corrected chi connectivity index (χ3v) is 3.81. The highest BCUT2D eigenvalue weighted by Crippen LogP contribution is 2.15. The minimum atomic E-state index is 0.672. The fourth-order valence-corrected chi connectivity index (χ4v) is 2.68. The molecule has 0 aromatic carbocycles. The quantitative estimate of drug-likeness (QED) is 0.754. The number of hydrogen-bond acceptors (Lipinski definition) is 3. The maximum absolute atomic E-state index is 3.72. The summed E-state index contributed by atoms with van der Waals surface area (Å²) in [5, 5.41) is 3.72. The van der Waals surface area contributed by atoms with Gasteiger partial charge in [-0.25, -0.2) is 0 Å². The highest BCUT2D eigenvalue weighted by Gasteiger charge is 2.26. The van der Waals surface area contributed by atoms with E-state index in [-0.39, 0.29) is 0 Å². The largest absolute Gasteiger partial charge is 0.310 e. The first-order chi connectivity index (χ1) is 6.63. The predicted molar refractivity (Wildman–Crippen MR) is 66.1 cm³/mol. The second-order valence-corrected chi connectivity index (χ2v) is 5.56. The number of likely N-dealkylation sites (tertiary alicyclic amines) is 1. The van der Waals surface area contributed by atoms with Gasteiger partial charge in [-0.05, 0) is 45.7 Å². The predicted octanol–water partition coefficient (Wildman–Crippen LogP) is 1.81. The second kappa shape index (κ2) is 5.99. The lowest BCUT2D eigenvalue weighted by Crippen LogP contribution is -2.38. The van der Waals surface area contributed by atoms with Gasteiger partial charge in [0, 0.05) is 24.7 Å². The van der Waals surface area contributed by atoms with Crippen molar-refractivity contribution in [3.8, 4) is 0 Å². The Balaban J connectivity index is 2.18. The number of thioether (sulfide) groups is 1. The van der Waals surface area contributed by atoms with Crippen molar-refractivity contribution in [1.82, 2.24) is 10.2 Å². The van der Waals surface area contributed by atoms with Crippen molar-refractivity contribution in [1.29, 1.82) is 0 Å². The summed E-state index contributed by atoms with van der Waals surface area (Å²) in [5.74, 6) is 1.27. The number of nitrogens with zero attached hydrogens (tertiary/aromatic N) is 1. The third-order valence-electron chi connectivity index (χ3n) is 3.16. The molecule has 0 saturated carbocycles. The van der Waals surface area contributed by atoms with Gasteiger partial charge in [-0.3, -0.25) is 0 Å². The summed E-state index contributed by atoms with van der Waals surface area (Å²) in [5.41, 5.74) is 0. The van der Waals surface area contributed by atoms with Crippen molar-refractivity contribution >= 4 is 11.8 Å². The van der Waals surface area contributed by atoms with Crippen molar-refractivity contribution in [3.63, 3.8) is 0 Å². The monoisotopic (exact) mass is 216 g/mol. The van der Waals surface area contributed by atoms with Crippen LogP contribution in [0.25, 0.3) is 0 Å². The van der Waals surface area contributed by atoms with E-state index < -0.39 is 0 Å². The van der Waals surface area contributed by atoms with Crippen molar-refractivity contribution in [2.45, 2.75) is 44.8 Å². The molecule has 0 aromatic rings. The Bertz CT molecular complexity index is 153. The van der Waals surface area contributed by atoms with Crippen LogP contribution in [-0.2, 0) is 0 Å². The molecule has 0 radical (unpaired) electrons. The normalized spacial score (nSPS) is 30.9. The zero-order chi connectivity index (χ0) is 10.6. The van der Waals surface area contributed by atoms with Crippen molar-refractivity contribution in [2.75, 3.05) is 25.6 Å². The molecule has 14 heavy (non-hydrogen) atoms. The number of rotatable bonds is 5. The summed E-state index contributed by atoms with van der Waals surface area (Å²) in [4.78, 5) is 2.44. The number of nitrogens with one attached hydrogen (secondary N) is 1. The Morgan fingerprint density at radius 3 is 2.79 bits per heavy atom. The van der Waals surface area contributed by atoms with E-state index >= 15 is 0 Å². The van der Waals surface area contributed by atoms with Crippen LogP contribution in [0.5, 0.6) is 0 Å². The zero-order valence-electron chi connectivity index (χ0n) is 9.92. The van der Waals surface area contributed by atoms with Crippen LogP contribution in [0.3, 0.4) is 0 Å². The zero-order valence-corrected chi connectivity index (χ0v) is 10.7. The van der Waals surface area contributed by atoms with Gasteiger partial charge >= 0.3 is 0 Å². The molecule has 3 atom stereocenters. The van der Waals surface area contributed by atoms with Crippen molar-refractivity contribution in [2.24, 2.45) is 0 Å². The molecule has 3 heteroatoms. The second-order valence-electron chi connectivity index (χ2n) is 4.57. The van der Waals surface area contributed by atoms with Crippen LogP contribution in [0.4, 0.5) is 0 Å². The Hall–Kier alpha value is 0.270. The SMILES string of the molecule is CSCCC(C)NC1CC(C)N(C)C1. The molecule has 1 fully saturated rings. The molecule has 84 valence electrons. The van der Waals surface area contributed by atoms with Gasteiger partial charge in [0.1, 0.15) is 0 Å². The summed E-state index contributed by atoms with van der Waals surface area (Å²) >= 11 is 1.94. The molecule has 1 N–H and O–H groups in total. The molecule has 0 amide bonds. The van der Waals surface area contributed by atoms with Crippen LogP contribution in [0.15, 0.2) is 0 Å². The molecule has 0 aromatic heterocycles. The van der Waals surface area contributed by atoms with Gasteiger partial charge < -0.3 is 10.2 Å². The summed E-state index contributed by atoms with van der Waals surface area (Å²) in [7, 11) is 2.22. The molecule has 3 unspecified atom stereocenters. The van der Waals surface area contributed by atoms with Gasteiger partial charge in [-0.1, -0.05) is 0 Å². The standard InChI is InChI=1S/C11H24N2S/c1-9(5-6-14-4)12-11-7-10(2)13(3)8-11/h9-12H,5-8H2,1-4H3. The molecule has 2 nitrogen and oxygen atoms in total. The molecule has 1 aliphatic rings. The van der Waals surface area contributed by atoms with Gasteiger partial charge in [0.15, 0.2) is 0 Å². The number of likely N-dealkylation sites (N-methyl/N-ethyl adjacent to an activating group) is 1. The highest BCUT2D eigenvalue weighted by atomic mass is 32.2. The van der Waals surface area contributed by atoms with Crippen LogP contribution in [0.2, 0.25) is 0 Å². The van der Waals surface area contributed by atoms with Crippen molar-refractivity contribution in [3.05, 3.63) is 0 Å². The smallest absolute Gasteiger partial charge is 0.0212 e. The summed E-state index contributed by atoms with van der Waals surface area (Å²) in [6, 6.07) is 2.14. The Kier molecular flexibility index (Phi) is 5.28. The van der Waals surface area contributed by atoms with Gasteiger partial charge in [0.25, 0.3) is 0 Å². The van der Waals surface area contributed by atoms with Crippen LogP contribution < -0.4 is 5.32 Å². The lowest BCUT2D eigenvalue weighted by molar-refractivity contribution is 0.324. The molecule has 0 spiro atoms. The molecule has 1 rings (SSSR count). The van der Waals surface area contributed by atoms with E-state index in [4.69, 9.17) is 0 Å². The van der Waals surface area contributed by atoms with E-state index in [0.717, 1.165) is 6.04 Å². The van der Waals surface area contributed by atoms with E-state index in [0.29, 0.717) is 12.1 Å². The van der Waals surface area contributed by atoms with E-state index in [2.05, 4.69) is 37.4 Å². The topological polar surface area (TPSA) is 15.3 Å². The van der Waals surface area contributed by atoms with Gasteiger partial charge in [-0.2, -0.15) is 11.8 Å². The Labute approximate surface area is 92.8 Å². The van der Waals surface area contributed by atoms with Gasteiger partial charge in [-0.15, -0.1) is 0 Å². The van der Waals surface area contributed by atoms with E-state index in [9.17, 15) is 0 Å². The summed E-state index contributed by atoms with van der Waals surface area (Å²) < 4.78 is 0. The lowest BCUT2D eigenvalue weighted by atomic mass is 10.1. The average molecular weight is 216 g/mol. The lowest BCUT2D eigenvalue weighted by Gasteiger charge is -2.18. The molecule has 0 aliphatic carbocycles. The summed E-state index contributed by atoms with van der Waals surface area (Å²) in [6.07, 6.45) is 4.77. The van der Waals surface area contributed by atoms with Crippen molar-refractivity contribution < 1.29 is 0 Å². The number of hydrogen-bond donors (Lipinski definition) is 1. The fourth-order valence-electron chi connectivity index (χ4n) is 2.09. The molecule has 0 bridgehead atoms. The van der Waals surface area contributed by atoms with E-state index in [1.165, 1.54) is 25.1 Å². The first kappa shape index (κ1) is 12.3. The molecular weight excluding hydrogens is 192 g/mol. The van der Waals surface area contributed by atoms with Gasteiger partial charge in [0.05, 0.1) is 0 Å². The Morgan fingerprint density at radius 1 is 1.57 bits per heavy atom. The Morgan fingerprint density at radius 2 is 2.29 bits per heavy atom. The van der Waals surface area contributed by atoms with E-state index in [1.54, 1.807) is 0 Å². The molecule has 1 aliphatic heterocycles. The van der Waals surface area contributed by atoms with Crippen LogP contribution in [0.1, 0.15) is 26.7 Å². The molecular formula is C11H24N2S. The van der Waals surface area contributed by atoms with Crippen LogP contribution >= 0.6 is 11.8 Å². The third kappa shape index (κ3) is 3.79. The van der Waals surface area contributed by atoms with Crippen LogP contribution in [-0.4, -0.2) is 48.6 Å². The minimum Gasteiger partial charge on any atom is -0.310 e. The maximum atomic E-state index is 3.72. The van der Waals surface area contributed by atoms with Crippen LogP contribution in [0, 0.1) is 0 Å². The highest BCUT2D eigenvalue weighted by molar-refractivity contribution is 7.98.